The molecule has 194 valence electrons. The molecule has 1 atom stereocenters. The number of amides is 3. The summed E-state index contributed by atoms with van der Waals surface area (Å²) >= 11 is 0. The second-order valence-electron chi connectivity index (χ2n) is 10.9. The minimum atomic E-state index is -0.570. The van der Waals surface area contributed by atoms with Crippen LogP contribution in [0.15, 0.2) is 60.7 Å². The molecule has 0 unspecified atom stereocenters. The Morgan fingerprint density at radius 1 is 1.00 bits per heavy atom. The summed E-state index contributed by atoms with van der Waals surface area (Å²) in [5, 5.41) is 5.06. The van der Waals surface area contributed by atoms with Crippen molar-refractivity contribution in [2.75, 3.05) is 11.4 Å². The Kier molecular flexibility index (Phi) is 7.67. The number of carbonyl (C=O) groups excluding carboxylic acids is 3. The molecule has 6 heteroatoms. The SMILES string of the molecule is CC[C@H](C(=O)NC(C)(C)C)N(Cc1ccc(C)cc1)C(=O)CCCN1C(=O)c2cccc3cccc1c23. The Bertz CT molecular complexity index is 1300. The van der Waals surface area contributed by atoms with Gasteiger partial charge in [-0.15, -0.1) is 0 Å². The summed E-state index contributed by atoms with van der Waals surface area (Å²) < 4.78 is 0. The van der Waals surface area contributed by atoms with Gasteiger partial charge in [-0.25, -0.2) is 0 Å². The third-order valence-electron chi connectivity index (χ3n) is 6.78. The molecule has 0 saturated carbocycles. The van der Waals surface area contributed by atoms with Crippen molar-refractivity contribution < 1.29 is 14.4 Å². The molecule has 0 fully saturated rings. The second kappa shape index (κ2) is 10.8. The molecular weight excluding hydrogens is 462 g/mol. The molecule has 6 nitrogen and oxygen atoms in total. The molecule has 0 saturated heterocycles. The topological polar surface area (TPSA) is 69.7 Å². The molecule has 37 heavy (non-hydrogen) atoms. The molecule has 0 spiro atoms. The van der Waals surface area contributed by atoms with E-state index in [2.05, 4.69) is 5.32 Å². The molecule has 0 radical (unpaired) electrons. The molecule has 3 aromatic carbocycles. The van der Waals surface area contributed by atoms with Crippen LogP contribution in [0, 0.1) is 6.92 Å². The molecule has 4 rings (SSSR count). The molecule has 0 bridgehead atoms. The number of carbonyl (C=O) groups is 3. The molecule has 1 aliphatic heterocycles. The first kappa shape index (κ1) is 26.4. The van der Waals surface area contributed by atoms with Crippen LogP contribution in [-0.2, 0) is 16.1 Å². The quantitative estimate of drug-likeness (QED) is 0.416. The standard InChI is InChI=1S/C31H37N3O3/c1-6-25(29(36)32-31(3,4)5)34(20-22-17-15-21(2)16-18-22)27(35)14-9-19-33-26-13-8-11-23-10-7-12-24(28(23)26)30(33)37/h7-8,10-13,15-18,25H,6,9,14,19-20H2,1-5H3,(H,32,36)/t25-/m1/s1. The zero-order chi connectivity index (χ0) is 26.7. The molecule has 0 aromatic heterocycles. The van der Waals surface area contributed by atoms with Crippen molar-refractivity contribution >= 4 is 34.2 Å². The Hall–Kier alpha value is -3.67. The van der Waals surface area contributed by atoms with E-state index in [4.69, 9.17) is 0 Å². The van der Waals surface area contributed by atoms with Crippen molar-refractivity contribution in [1.29, 1.82) is 0 Å². The van der Waals surface area contributed by atoms with Crippen molar-refractivity contribution in [3.8, 4) is 0 Å². The van der Waals surface area contributed by atoms with E-state index in [0.29, 0.717) is 31.5 Å². The minimum Gasteiger partial charge on any atom is -0.350 e. The van der Waals surface area contributed by atoms with Gasteiger partial charge in [-0.1, -0.05) is 61.0 Å². The monoisotopic (exact) mass is 499 g/mol. The van der Waals surface area contributed by atoms with Gasteiger partial charge in [-0.3, -0.25) is 14.4 Å². The van der Waals surface area contributed by atoms with Crippen LogP contribution in [0.2, 0.25) is 0 Å². The summed E-state index contributed by atoms with van der Waals surface area (Å²) in [7, 11) is 0. The van der Waals surface area contributed by atoms with Crippen molar-refractivity contribution in [2.45, 2.75) is 72.0 Å². The number of rotatable bonds is 9. The summed E-state index contributed by atoms with van der Waals surface area (Å²) in [5.74, 6) is -0.252. The third kappa shape index (κ3) is 5.85. The number of aryl methyl sites for hydroxylation is 1. The van der Waals surface area contributed by atoms with Crippen LogP contribution in [0.25, 0.3) is 10.8 Å². The minimum absolute atomic E-state index is 0.0215. The van der Waals surface area contributed by atoms with Gasteiger partial charge in [-0.2, -0.15) is 0 Å². The van der Waals surface area contributed by atoms with Gasteiger partial charge in [0.05, 0.1) is 5.69 Å². The fourth-order valence-electron chi connectivity index (χ4n) is 5.00. The van der Waals surface area contributed by atoms with Gasteiger partial charge in [0, 0.05) is 36.0 Å². The molecule has 3 aromatic rings. The van der Waals surface area contributed by atoms with Crippen molar-refractivity contribution in [3.05, 3.63) is 77.4 Å². The van der Waals surface area contributed by atoms with Crippen LogP contribution in [0.5, 0.6) is 0 Å². The molecule has 1 aliphatic rings. The molecular formula is C31H37N3O3. The number of benzene rings is 3. The largest absolute Gasteiger partial charge is 0.350 e. The first-order valence-corrected chi connectivity index (χ1v) is 13.1. The van der Waals surface area contributed by atoms with Gasteiger partial charge in [0.15, 0.2) is 0 Å². The van der Waals surface area contributed by atoms with Gasteiger partial charge in [-0.05, 0) is 63.6 Å². The van der Waals surface area contributed by atoms with Crippen molar-refractivity contribution in [1.82, 2.24) is 10.2 Å². The highest BCUT2D eigenvalue weighted by atomic mass is 16.2. The lowest BCUT2D eigenvalue weighted by Crippen LogP contribution is -2.53. The van der Waals surface area contributed by atoms with E-state index < -0.39 is 11.6 Å². The maximum Gasteiger partial charge on any atom is 0.258 e. The summed E-state index contributed by atoms with van der Waals surface area (Å²) in [6.45, 7) is 10.6. The Morgan fingerprint density at radius 3 is 2.32 bits per heavy atom. The van der Waals surface area contributed by atoms with E-state index >= 15 is 0 Å². The van der Waals surface area contributed by atoms with Crippen LogP contribution < -0.4 is 10.2 Å². The number of nitrogens with one attached hydrogen (secondary N) is 1. The normalized spacial score (nSPS) is 13.6. The highest BCUT2D eigenvalue weighted by Gasteiger charge is 2.32. The van der Waals surface area contributed by atoms with Crippen LogP contribution in [0.3, 0.4) is 0 Å². The molecule has 3 amide bonds. The van der Waals surface area contributed by atoms with E-state index in [0.717, 1.165) is 27.6 Å². The van der Waals surface area contributed by atoms with Crippen molar-refractivity contribution in [2.24, 2.45) is 0 Å². The lowest BCUT2D eigenvalue weighted by Gasteiger charge is -2.33. The van der Waals surface area contributed by atoms with Gasteiger partial charge in [0.25, 0.3) is 5.91 Å². The lowest BCUT2D eigenvalue weighted by atomic mass is 10.0. The Morgan fingerprint density at radius 2 is 1.68 bits per heavy atom. The van der Waals surface area contributed by atoms with E-state index in [1.54, 1.807) is 9.80 Å². The van der Waals surface area contributed by atoms with E-state index in [-0.39, 0.29) is 24.1 Å². The van der Waals surface area contributed by atoms with E-state index in [9.17, 15) is 14.4 Å². The predicted molar refractivity (Wildman–Crippen MR) is 149 cm³/mol. The van der Waals surface area contributed by atoms with E-state index in [1.807, 2.05) is 95.3 Å². The maximum atomic E-state index is 13.6. The number of anilines is 1. The van der Waals surface area contributed by atoms with Crippen LogP contribution >= 0.6 is 0 Å². The van der Waals surface area contributed by atoms with Crippen LogP contribution in [0.4, 0.5) is 5.69 Å². The highest BCUT2D eigenvalue weighted by molar-refractivity contribution is 6.25. The Labute approximate surface area is 219 Å². The highest BCUT2D eigenvalue weighted by Crippen LogP contribution is 2.37. The Balaban J connectivity index is 1.49. The first-order chi connectivity index (χ1) is 17.6. The van der Waals surface area contributed by atoms with Crippen LogP contribution in [-0.4, -0.2) is 40.7 Å². The smallest absolute Gasteiger partial charge is 0.258 e. The van der Waals surface area contributed by atoms with Gasteiger partial charge in [0.2, 0.25) is 11.8 Å². The maximum absolute atomic E-state index is 13.6. The third-order valence-corrected chi connectivity index (χ3v) is 6.78. The molecule has 0 aliphatic carbocycles. The average molecular weight is 500 g/mol. The average Bonchev–Trinajstić information content (AvgIpc) is 3.12. The fourth-order valence-corrected chi connectivity index (χ4v) is 5.00. The van der Waals surface area contributed by atoms with Gasteiger partial charge < -0.3 is 15.1 Å². The zero-order valence-electron chi connectivity index (χ0n) is 22.5. The number of hydrogen-bond donors (Lipinski definition) is 1. The number of nitrogens with zero attached hydrogens (tertiary/aromatic N) is 2. The summed E-state index contributed by atoms with van der Waals surface area (Å²) in [6.07, 6.45) is 1.28. The van der Waals surface area contributed by atoms with Crippen molar-refractivity contribution in [3.63, 3.8) is 0 Å². The van der Waals surface area contributed by atoms with Gasteiger partial charge >= 0.3 is 0 Å². The summed E-state index contributed by atoms with van der Waals surface area (Å²) in [6, 6.07) is 19.2. The van der Waals surface area contributed by atoms with Crippen LogP contribution in [0.1, 0.15) is 68.4 Å². The molecule has 1 N–H and O–H groups in total. The number of hydrogen-bond acceptors (Lipinski definition) is 3. The zero-order valence-corrected chi connectivity index (χ0v) is 22.5. The summed E-state index contributed by atoms with van der Waals surface area (Å²) in [5.41, 5.74) is 3.35. The van der Waals surface area contributed by atoms with E-state index in [1.165, 1.54) is 0 Å². The second-order valence-corrected chi connectivity index (χ2v) is 10.9. The first-order valence-electron chi connectivity index (χ1n) is 13.1. The predicted octanol–water partition coefficient (Wildman–Crippen LogP) is 5.61. The molecule has 1 heterocycles. The lowest BCUT2D eigenvalue weighted by molar-refractivity contribution is -0.142. The fraction of sp³-hybridized carbons (Fsp3) is 0.387. The summed E-state index contributed by atoms with van der Waals surface area (Å²) in [4.78, 5) is 43.4. The van der Waals surface area contributed by atoms with Gasteiger partial charge in [0.1, 0.15) is 6.04 Å².